The van der Waals surface area contributed by atoms with Crippen LogP contribution >= 0.6 is 0 Å². The number of ether oxygens (including phenoxy) is 2. The summed E-state index contributed by atoms with van der Waals surface area (Å²) in [5.41, 5.74) is 4.68. The molecule has 0 saturated heterocycles. The van der Waals surface area contributed by atoms with Crippen LogP contribution in [0.15, 0.2) is 42.7 Å². The predicted octanol–water partition coefficient (Wildman–Crippen LogP) is 3.65. The third kappa shape index (κ3) is 4.27. The van der Waals surface area contributed by atoms with Crippen molar-refractivity contribution < 1.29 is 14.3 Å². The fraction of sp³-hybridized carbons (Fsp3) is 0.391. The molecule has 6 heteroatoms. The number of hydrogen-bond donors (Lipinski definition) is 0. The van der Waals surface area contributed by atoms with Crippen molar-refractivity contribution in [3.8, 4) is 5.75 Å². The fourth-order valence-corrected chi connectivity index (χ4v) is 3.80. The summed E-state index contributed by atoms with van der Waals surface area (Å²) in [7, 11) is 1.68. The van der Waals surface area contributed by atoms with E-state index in [1.54, 1.807) is 13.3 Å². The van der Waals surface area contributed by atoms with Gasteiger partial charge in [0.15, 0.2) is 0 Å². The van der Waals surface area contributed by atoms with Crippen LogP contribution in [0.2, 0.25) is 0 Å². The van der Waals surface area contributed by atoms with Gasteiger partial charge >= 0.3 is 0 Å². The minimum atomic E-state index is -0.0624. The third-order valence-corrected chi connectivity index (χ3v) is 5.23. The van der Waals surface area contributed by atoms with Crippen molar-refractivity contribution in [2.45, 2.75) is 39.3 Å². The second-order valence-corrected chi connectivity index (χ2v) is 7.74. The van der Waals surface area contributed by atoms with Crippen molar-refractivity contribution in [3.05, 3.63) is 65.1 Å². The lowest BCUT2D eigenvalue weighted by molar-refractivity contribution is 0.0718. The molecule has 6 nitrogen and oxygen atoms in total. The summed E-state index contributed by atoms with van der Waals surface area (Å²) in [6.07, 6.45) is 5.64. The number of pyridine rings is 1. The summed E-state index contributed by atoms with van der Waals surface area (Å²) >= 11 is 0. The van der Waals surface area contributed by atoms with Crippen molar-refractivity contribution in [1.29, 1.82) is 0 Å². The van der Waals surface area contributed by atoms with Gasteiger partial charge in [0.2, 0.25) is 0 Å². The van der Waals surface area contributed by atoms with E-state index in [-0.39, 0.29) is 12.0 Å². The highest BCUT2D eigenvalue weighted by atomic mass is 16.5. The number of fused-ring (bicyclic) bond motifs is 2. The lowest BCUT2D eigenvalue weighted by Crippen LogP contribution is -2.32. The number of carbonyl (C=O) groups excluding carboxylic acids is 1. The second-order valence-electron chi connectivity index (χ2n) is 7.74. The van der Waals surface area contributed by atoms with Gasteiger partial charge in [0, 0.05) is 45.6 Å². The highest BCUT2D eigenvalue weighted by molar-refractivity contribution is 5.93. The summed E-state index contributed by atoms with van der Waals surface area (Å²) in [5.74, 6) is 0.891. The van der Waals surface area contributed by atoms with Crippen LogP contribution in [-0.2, 0) is 17.7 Å². The molecule has 0 aliphatic carbocycles. The number of hydrogen-bond acceptors (Lipinski definition) is 4. The molecule has 1 atom stereocenters. The van der Waals surface area contributed by atoms with Gasteiger partial charge in [-0.15, -0.1) is 0 Å². The van der Waals surface area contributed by atoms with Crippen LogP contribution in [0, 0.1) is 6.92 Å². The van der Waals surface area contributed by atoms with Gasteiger partial charge in [-0.2, -0.15) is 0 Å². The van der Waals surface area contributed by atoms with Gasteiger partial charge in [-0.1, -0.05) is 12.1 Å². The lowest BCUT2D eigenvalue weighted by atomic mass is 10.1. The zero-order chi connectivity index (χ0) is 20.4. The molecule has 0 spiro atoms. The number of benzene rings is 1. The molecule has 29 heavy (non-hydrogen) atoms. The highest BCUT2D eigenvalue weighted by Crippen LogP contribution is 2.29. The molecule has 0 radical (unpaired) electrons. The monoisotopic (exact) mass is 393 g/mol. The predicted molar refractivity (Wildman–Crippen MR) is 111 cm³/mol. The molecular weight excluding hydrogens is 366 g/mol. The van der Waals surface area contributed by atoms with Gasteiger partial charge in [0.1, 0.15) is 23.2 Å². The van der Waals surface area contributed by atoms with Crippen LogP contribution in [0.25, 0.3) is 5.65 Å². The number of amides is 1. The molecule has 4 rings (SSSR count). The maximum absolute atomic E-state index is 13.3. The van der Waals surface area contributed by atoms with Gasteiger partial charge in [0.05, 0.1) is 0 Å². The molecule has 0 N–H and O–H groups in total. The molecule has 3 heterocycles. The van der Waals surface area contributed by atoms with E-state index >= 15 is 0 Å². The van der Waals surface area contributed by atoms with E-state index < -0.39 is 0 Å². The van der Waals surface area contributed by atoms with Crippen molar-refractivity contribution in [2.24, 2.45) is 0 Å². The molecule has 1 unspecified atom stereocenters. The number of aryl methyl sites for hydroxylation is 1. The third-order valence-electron chi connectivity index (χ3n) is 5.23. The summed E-state index contributed by atoms with van der Waals surface area (Å²) in [4.78, 5) is 19.7. The van der Waals surface area contributed by atoms with Crippen LogP contribution in [0.4, 0.5) is 0 Å². The molecule has 1 aliphatic heterocycles. The van der Waals surface area contributed by atoms with E-state index in [0.717, 1.165) is 35.4 Å². The molecule has 2 aromatic heterocycles. The van der Waals surface area contributed by atoms with Crippen molar-refractivity contribution in [2.75, 3.05) is 20.3 Å². The van der Waals surface area contributed by atoms with Crippen molar-refractivity contribution in [3.63, 3.8) is 0 Å². The van der Waals surface area contributed by atoms with E-state index in [9.17, 15) is 4.79 Å². The number of aromatic nitrogens is 2. The quantitative estimate of drug-likeness (QED) is 0.575. The van der Waals surface area contributed by atoms with Crippen LogP contribution in [-0.4, -0.2) is 46.6 Å². The van der Waals surface area contributed by atoms with Crippen LogP contribution < -0.4 is 4.74 Å². The van der Waals surface area contributed by atoms with Crippen molar-refractivity contribution in [1.82, 2.24) is 14.3 Å². The fourth-order valence-electron chi connectivity index (χ4n) is 3.80. The molecule has 0 fully saturated rings. The number of methoxy groups -OCH3 is 1. The maximum Gasteiger partial charge on any atom is 0.274 e. The molecule has 1 aromatic carbocycles. The first-order chi connectivity index (χ1) is 14.0. The van der Waals surface area contributed by atoms with E-state index in [4.69, 9.17) is 9.47 Å². The molecule has 3 aromatic rings. The Morgan fingerprint density at radius 2 is 2.21 bits per heavy atom. The number of nitrogens with zero attached hydrogens (tertiary/aromatic N) is 3. The molecule has 0 saturated carbocycles. The first-order valence-electron chi connectivity index (χ1n) is 10.1. The average Bonchev–Trinajstić information content (AvgIpc) is 3.28. The Morgan fingerprint density at radius 3 is 3.03 bits per heavy atom. The van der Waals surface area contributed by atoms with E-state index in [2.05, 4.69) is 18.0 Å². The van der Waals surface area contributed by atoms with E-state index in [1.807, 2.05) is 46.7 Å². The topological polar surface area (TPSA) is 56.1 Å². The normalized spacial score (nSPS) is 15.3. The van der Waals surface area contributed by atoms with E-state index in [1.165, 1.54) is 5.56 Å². The SMILES string of the molecule is COCCCN(Cc1ccc2c(c1)CC(C)O2)C(=O)c1cn2ccc(C)cc2n1. The molecule has 152 valence electrons. The molecule has 1 amide bonds. The number of imidazole rings is 1. The Balaban J connectivity index is 1.57. The highest BCUT2D eigenvalue weighted by Gasteiger charge is 2.22. The first-order valence-corrected chi connectivity index (χ1v) is 10.1. The second kappa shape index (κ2) is 8.25. The van der Waals surface area contributed by atoms with Gasteiger partial charge in [0.25, 0.3) is 5.91 Å². The Hall–Kier alpha value is -2.86. The number of carbonyl (C=O) groups is 1. The zero-order valence-electron chi connectivity index (χ0n) is 17.2. The molecule has 1 aliphatic rings. The Morgan fingerprint density at radius 1 is 1.34 bits per heavy atom. The minimum absolute atomic E-state index is 0.0624. The molecule has 0 bridgehead atoms. The Kier molecular flexibility index (Phi) is 5.53. The van der Waals surface area contributed by atoms with Gasteiger partial charge < -0.3 is 18.8 Å². The summed E-state index contributed by atoms with van der Waals surface area (Å²) in [5, 5.41) is 0. The smallest absolute Gasteiger partial charge is 0.274 e. The lowest BCUT2D eigenvalue weighted by Gasteiger charge is -2.22. The van der Waals surface area contributed by atoms with Gasteiger partial charge in [-0.05, 0) is 55.2 Å². The average molecular weight is 393 g/mol. The largest absolute Gasteiger partial charge is 0.490 e. The first kappa shape index (κ1) is 19.5. The zero-order valence-corrected chi connectivity index (χ0v) is 17.2. The maximum atomic E-state index is 13.3. The summed E-state index contributed by atoms with van der Waals surface area (Å²) < 4.78 is 12.9. The number of rotatable bonds is 7. The van der Waals surface area contributed by atoms with Crippen LogP contribution in [0.5, 0.6) is 5.75 Å². The van der Waals surface area contributed by atoms with Crippen molar-refractivity contribution >= 4 is 11.6 Å². The van der Waals surface area contributed by atoms with Crippen LogP contribution in [0.3, 0.4) is 0 Å². The van der Waals surface area contributed by atoms with Crippen LogP contribution in [0.1, 0.15) is 40.5 Å². The van der Waals surface area contributed by atoms with E-state index in [0.29, 0.717) is 25.4 Å². The van der Waals surface area contributed by atoms with Gasteiger partial charge in [-0.3, -0.25) is 4.79 Å². The summed E-state index contributed by atoms with van der Waals surface area (Å²) in [6, 6.07) is 10.2. The Labute approximate surface area is 171 Å². The van der Waals surface area contributed by atoms with Gasteiger partial charge in [-0.25, -0.2) is 4.98 Å². The Bertz CT molecular complexity index is 1030. The molecular formula is C23H27N3O3. The summed E-state index contributed by atoms with van der Waals surface area (Å²) in [6.45, 7) is 5.86. The standard InChI is InChI=1S/C23H27N3O3/c1-16-7-9-25-15-20(24-22(25)11-16)23(27)26(8-4-10-28-3)14-18-5-6-21-19(13-18)12-17(2)29-21/h5-7,9,11,13,15,17H,4,8,10,12,14H2,1-3H3. The minimum Gasteiger partial charge on any atom is -0.490 e.